The Kier molecular flexibility index (Phi) is 2.93. The van der Waals surface area contributed by atoms with E-state index in [0.717, 1.165) is 16.5 Å². The molecule has 96 valence electrons. The molecule has 3 nitrogen and oxygen atoms in total. The van der Waals surface area contributed by atoms with E-state index in [4.69, 9.17) is 0 Å². The van der Waals surface area contributed by atoms with E-state index in [-0.39, 0.29) is 0 Å². The number of hydrogen-bond donors (Lipinski definition) is 1. The molecule has 0 aliphatic carbocycles. The second-order valence-electron chi connectivity index (χ2n) is 5.52. The minimum atomic E-state index is -0.853. The molecule has 1 heterocycles. The Bertz CT molecular complexity index is 594. The summed E-state index contributed by atoms with van der Waals surface area (Å²) >= 11 is 0. The zero-order valence-electron chi connectivity index (χ0n) is 11.3. The standard InChI is InChI=1S/C15H19NO2/c1-10(2)16-8-7-11-9-12(5-6-13(11)16)15(3,4)14(17)18/h5-10H,1-4H3,(H,17,18). The molecule has 0 saturated carbocycles. The van der Waals surface area contributed by atoms with E-state index in [1.165, 1.54) is 0 Å². The first-order valence-corrected chi connectivity index (χ1v) is 6.18. The molecule has 1 N–H and O–H groups in total. The van der Waals surface area contributed by atoms with Crippen LogP contribution >= 0.6 is 0 Å². The third-order valence-corrected chi connectivity index (χ3v) is 3.53. The highest BCUT2D eigenvalue weighted by Crippen LogP contribution is 2.28. The van der Waals surface area contributed by atoms with Crippen LogP contribution in [0.3, 0.4) is 0 Å². The van der Waals surface area contributed by atoms with Gasteiger partial charge in [-0.05, 0) is 56.8 Å². The highest BCUT2D eigenvalue weighted by molar-refractivity contribution is 5.85. The number of hydrogen-bond acceptors (Lipinski definition) is 1. The van der Waals surface area contributed by atoms with Crippen molar-refractivity contribution in [2.24, 2.45) is 0 Å². The number of aliphatic carboxylic acids is 1. The summed E-state index contributed by atoms with van der Waals surface area (Å²) in [5, 5.41) is 10.3. The molecule has 18 heavy (non-hydrogen) atoms. The highest BCUT2D eigenvalue weighted by atomic mass is 16.4. The van der Waals surface area contributed by atoms with E-state index < -0.39 is 11.4 Å². The lowest BCUT2D eigenvalue weighted by Crippen LogP contribution is -2.28. The summed E-state index contributed by atoms with van der Waals surface area (Å²) in [7, 11) is 0. The van der Waals surface area contributed by atoms with Crippen molar-refractivity contribution >= 4 is 16.9 Å². The first-order chi connectivity index (χ1) is 8.34. The van der Waals surface area contributed by atoms with Gasteiger partial charge in [-0.15, -0.1) is 0 Å². The Morgan fingerprint density at radius 1 is 1.28 bits per heavy atom. The van der Waals surface area contributed by atoms with Gasteiger partial charge in [0.05, 0.1) is 5.41 Å². The van der Waals surface area contributed by atoms with Gasteiger partial charge in [-0.3, -0.25) is 4.79 Å². The number of carboxylic acid groups (broad SMARTS) is 1. The maximum Gasteiger partial charge on any atom is 0.313 e. The van der Waals surface area contributed by atoms with Crippen LogP contribution in [-0.2, 0) is 10.2 Å². The van der Waals surface area contributed by atoms with Gasteiger partial charge in [-0.2, -0.15) is 0 Å². The molecular formula is C15H19NO2. The van der Waals surface area contributed by atoms with E-state index in [2.05, 4.69) is 18.4 Å². The number of fused-ring (bicyclic) bond motifs is 1. The molecule has 0 bridgehead atoms. The summed E-state index contributed by atoms with van der Waals surface area (Å²) < 4.78 is 2.19. The number of nitrogens with zero attached hydrogens (tertiary/aromatic N) is 1. The van der Waals surface area contributed by atoms with Crippen molar-refractivity contribution in [1.29, 1.82) is 0 Å². The van der Waals surface area contributed by atoms with Crippen molar-refractivity contribution < 1.29 is 9.90 Å². The van der Waals surface area contributed by atoms with Crippen LogP contribution in [0.2, 0.25) is 0 Å². The number of carbonyl (C=O) groups is 1. The van der Waals surface area contributed by atoms with E-state index in [1.807, 2.05) is 30.5 Å². The Labute approximate surface area is 107 Å². The Balaban J connectivity index is 2.56. The molecule has 0 aliphatic rings. The van der Waals surface area contributed by atoms with Gasteiger partial charge in [0, 0.05) is 17.8 Å². The highest BCUT2D eigenvalue weighted by Gasteiger charge is 2.29. The monoisotopic (exact) mass is 245 g/mol. The number of carboxylic acids is 1. The van der Waals surface area contributed by atoms with Crippen LogP contribution in [0.1, 0.15) is 39.3 Å². The van der Waals surface area contributed by atoms with Gasteiger partial charge in [-0.1, -0.05) is 6.07 Å². The molecule has 0 spiro atoms. The Hall–Kier alpha value is -1.77. The molecule has 0 saturated heterocycles. The van der Waals surface area contributed by atoms with Gasteiger partial charge in [0.15, 0.2) is 0 Å². The van der Waals surface area contributed by atoms with Crippen LogP contribution in [0.15, 0.2) is 30.5 Å². The Morgan fingerprint density at radius 3 is 2.50 bits per heavy atom. The third-order valence-electron chi connectivity index (χ3n) is 3.53. The molecule has 0 radical (unpaired) electrons. The summed E-state index contributed by atoms with van der Waals surface area (Å²) in [6, 6.07) is 8.34. The lowest BCUT2D eigenvalue weighted by molar-refractivity contribution is -0.142. The van der Waals surface area contributed by atoms with Crippen LogP contribution in [-0.4, -0.2) is 15.6 Å². The zero-order chi connectivity index (χ0) is 13.5. The van der Waals surface area contributed by atoms with Crippen molar-refractivity contribution in [2.75, 3.05) is 0 Å². The van der Waals surface area contributed by atoms with Crippen LogP contribution in [0.25, 0.3) is 10.9 Å². The maximum absolute atomic E-state index is 11.3. The average Bonchev–Trinajstić information content (AvgIpc) is 2.71. The summed E-state index contributed by atoms with van der Waals surface area (Å²) in [6.07, 6.45) is 2.05. The lowest BCUT2D eigenvalue weighted by Gasteiger charge is -2.20. The van der Waals surface area contributed by atoms with Crippen molar-refractivity contribution in [3.8, 4) is 0 Å². The maximum atomic E-state index is 11.3. The molecular weight excluding hydrogens is 226 g/mol. The van der Waals surface area contributed by atoms with Crippen molar-refractivity contribution in [1.82, 2.24) is 4.57 Å². The zero-order valence-corrected chi connectivity index (χ0v) is 11.3. The molecule has 1 aromatic heterocycles. The number of benzene rings is 1. The van der Waals surface area contributed by atoms with Gasteiger partial charge in [0.25, 0.3) is 0 Å². The number of rotatable bonds is 3. The molecule has 0 amide bonds. The second kappa shape index (κ2) is 4.16. The first kappa shape index (κ1) is 12.7. The number of aromatic nitrogens is 1. The molecule has 1 aromatic carbocycles. The van der Waals surface area contributed by atoms with Crippen LogP contribution in [0, 0.1) is 0 Å². The van der Waals surface area contributed by atoms with Crippen molar-refractivity contribution in [2.45, 2.75) is 39.2 Å². The van der Waals surface area contributed by atoms with E-state index in [1.54, 1.807) is 13.8 Å². The van der Waals surface area contributed by atoms with E-state index in [9.17, 15) is 9.90 Å². The largest absolute Gasteiger partial charge is 0.481 e. The third kappa shape index (κ3) is 1.90. The fraction of sp³-hybridized carbons (Fsp3) is 0.400. The predicted molar refractivity (Wildman–Crippen MR) is 73.0 cm³/mol. The average molecular weight is 245 g/mol. The fourth-order valence-electron chi connectivity index (χ4n) is 2.13. The molecule has 0 fully saturated rings. The summed E-state index contributed by atoms with van der Waals surface area (Å²) in [5.41, 5.74) is 1.13. The van der Waals surface area contributed by atoms with Crippen molar-refractivity contribution in [3.63, 3.8) is 0 Å². The van der Waals surface area contributed by atoms with Crippen LogP contribution in [0.4, 0.5) is 0 Å². The normalized spacial score (nSPS) is 12.3. The first-order valence-electron chi connectivity index (χ1n) is 6.18. The molecule has 2 aromatic rings. The van der Waals surface area contributed by atoms with Gasteiger partial charge < -0.3 is 9.67 Å². The van der Waals surface area contributed by atoms with E-state index >= 15 is 0 Å². The minimum Gasteiger partial charge on any atom is -0.481 e. The quantitative estimate of drug-likeness (QED) is 0.898. The van der Waals surface area contributed by atoms with Gasteiger partial charge in [0.2, 0.25) is 0 Å². The van der Waals surface area contributed by atoms with Gasteiger partial charge in [0.1, 0.15) is 0 Å². The smallest absolute Gasteiger partial charge is 0.313 e. The molecule has 2 rings (SSSR count). The van der Waals surface area contributed by atoms with Crippen molar-refractivity contribution in [3.05, 3.63) is 36.0 Å². The van der Waals surface area contributed by atoms with Crippen LogP contribution < -0.4 is 0 Å². The molecule has 0 atom stereocenters. The molecule has 0 aliphatic heterocycles. The summed E-state index contributed by atoms with van der Waals surface area (Å²) in [4.78, 5) is 11.3. The second-order valence-corrected chi connectivity index (χ2v) is 5.52. The van der Waals surface area contributed by atoms with Gasteiger partial charge in [-0.25, -0.2) is 0 Å². The summed E-state index contributed by atoms with van der Waals surface area (Å²) in [6.45, 7) is 7.73. The minimum absolute atomic E-state index is 0.404. The lowest BCUT2D eigenvalue weighted by atomic mass is 9.84. The predicted octanol–water partition coefficient (Wildman–Crippen LogP) is 3.58. The fourth-order valence-corrected chi connectivity index (χ4v) is 2.13. The van der Waals surface area contributed by atoms with Crippen LogP contribution in [0.5, 0.6) is 0 Å². The molecule has 0 unspecified atom stereocenters. The topological polar surface area (TPSA) is 42.2 Å². The van der Waals surface area contributed by atoms with E-state index in [0.29, 0.717) is 6.04 Å². The van der Waals surface area contributed by atoms with Gasteiger partial charge >= 0.3 is 5.97 Å². The SMILES string of the molecule is CC(C)n1ccc2cc(C(C)(C)C(=O)O)ccc21. The summed E-state index contributed by atoms with van der Waals surface area (Å²) in [5.74, 6) is -0.801. The molecule has 3 heteroatoms. The Morgan fingerprint density at radius 2 is 1.94 bits per heavy atom.